The summed E-state index contributed by atoms with van der Waals surface area (Å²) in [4.78, 5) is 17.3. The third-order valence-corrected chi connectivity index (χ3v) is 5.56. The van der Waals surface area contributed by atoms with Crippen LogP contribution < -0.4 is 0 Å². The summed E-state index contributed by atoms with van der Waals surface area (Å²) in [5, 5.41) is 9.12. The van der Waals surface area contributed by atoms with Crippen molar-refractivity contribution in [3.8, 4) is 0 Å². The van der Waals surface area contributed by atoms with Crippen molar-refractivity contribution >= 4 is 23.2 Å². The topological polar surface area (TPSA) is 60.2 Å². The van der Waals surface area contributed by atoms with E-state index < -0.39 is 0 Å². The lowest BCUT2D eigenvalue weighted by Crippen LogP contribution is -2.10. The number of rotatable bonds is 4. The van der Waals surface area contributed by atoms with Crippen LogP contribution in [0.15, 0.2) is 17.3 Å². The van der Waals surface area contributed by atoms with E-state index in [1.54, 1.807) is 0 Å². The Morgan fingerprint density at radius 2 is 1.64 bits per heavy atom. The number of aryl methyl sites for hydroxylation is 4. The van der Waals surface area contributed by atoms with Crippen molar-refractivity contribution in [2.75, 3.05) is 5.75 Å². The van der Waals surface area contributed by atoms with Gasteiger partial charge in [0.15, 0.2) is 16.6 Å². The number of thioether (sulfide) groups is 1. The van der Waals surface area contributed by atoms with E-state index in [0.717, 1.165) is 45.0 Å². The van der Waals surface area contributed by atoms with Crippen molar-refractivity contribution in [2.45, 2.75) is 46.7 Å². The number of aromatic nitrogens is 4. The second-order valence-corrected chi connectivity index (χ2v) is 7.41. The average molecular weight is 354 g/mol. The summed E-state index contributed by atoms with van der Waals surface area (Å²) in [5.41, 5.74) is 6.94. The first-order valence-corrected chi connectivity index (χ1v) is 9.21. The van der Waals surface area contributed by atoms with Crippen LogP contribution in [0.5, 0.6) is 0 Å². The first-order chi connectivity index (χ1) is 11.8. The minimum atomic E-state index is 0.126. The molecule has 6 heteroatoms. The van der Waals surface area contributed by atoms with Crippen LogP contribution in [-0.4, -0.2) is 31.1 Å². The Labute approximate surface area is 151 Å². The zero-order chi connectivity index (χ0) is 18.3. The summed E-state index contributed by atoms with van der Waals surface area (Å²) in [7, 11) is 0. The minimum Gasteiger partial charge on any atom is -0.293 e. The summed E-state index contributed by atoms with van der Waals surface area (Å²) in [5.74, 6) is 1.29. The van der Waals surface area contributed by atoms with Crippen LogP contribution in [0.1, 0.15) is 44.1 Å². The fourth-order valence-corrected chi connectivity index (χ4v) is 3.99. The maximum absolute atomic E-state index is 12.9. The SMILES string of the molecule is Cc1cc2nnc(SCC(=O)c3c(C)c(C)cc(C)c3C)n2c(C)n1. The van der Waals surface area contributed by atoms with Crippen LogP contribution in [-0.2, 0) is 0 Å². The molecule has 0 spiro atoms. The molecule has 2 heterocycles. The molecule has 130 valence electrons. The Balaban J connectivity index is 1.89. The molecule has 0 amide bonds. The van der Waals surface area contributed by atoms with Gasteiger partial charge in [0.1, 0.15) is 5.82 Å². The van der Waals surface area contributed by atoms with Crippen molar-refractivity contribution < 1.29 is 4.79 Å². The van der Waals surface area contributed by atoms with Gasteiger partial charge < -0.3 is 0 Å². The highest BCUT2D eigenvalue weighted by Crippen LogP contribution is 2.25. The molecule has 0 radical (unpaired) electrons. The summed E-state index contributed by atoms with van der Waals surface area (Å²) in [6.45, 7) is 12.0. The van der Waals surface area contributed by atoms with Crippen LogP contribution in [0.2, 0.25) is 0 Å². The van der Waals surface area contributed by atoms with Gasteiger partial charge in [-0.3, -0.25) is 9.20 Å². The number of carbonyl (C=O) groups excluding carboxylic acids is 1. The van der Waals surface area contributed by atoms with E-state index in [-0.39, 0.29) is 5.78 Å². The Hall–Kier alpha value is -2.21. The van der Waals surface area contributed by atoms with E-state index in [4.69, 9.17) is 0 Å². The van der Waals surface area contributed by atoms with Crippen LogP contribution in [0, 0.1) is 41.5 Å². The monoisotopic (exact) mass is 354 g/mol. The first-order valence-electron chi connectivity index (χ1n) is 8.22. The van der Waals surface area contributed by atoms with E-state index in [0.29, 0.717) is 10.9 Å². The van der Waals surface area contributed by atoms with Crippen LogP contribution in [0.3, 0.4) is 0 Å². The van der Waals surface area contributed by atoms with Crippen molar-refractivity contribution in [1.29, 1.82) is 0 Å². The largest absolute Gasteiger partial charge is 0.293 e. The molecule has 0 saturated heterocycles. The molecule has 0 saturated carbocycles. The van der Waals surface area contributed by atoms with Gasteiger partial charge in [0.05, 0.1) is 5.75 Å². The van der Waals surface area contributed by atoms with E-state index in [9.17, 15) is 4.79 Å². The van der Waals surface area contributed by atoms with Crippen LogP contribution in [0.4, 0.5) is 0 Å². The van der Waals surface area contributed by atoms with Gasteiger partial charge in [0.2, 0.25) is 0 Å². The van der Waals surface area contributed by atoms with Crippen molar-refractivity contribution in [3.05, 3.63) is 51.5 Å². The predicted octanol–water partition coefficient (Wildman–Crippen LogP) is 3.95. The summed E-state index contributed by atoms with van der Waals surface area (Å²) in [6, 6.07) is 4.03. The van der Waals surface area contributed by atoms with Crippen molar-refractivity contribution in [2.24, 2.45) is 0 Å². The fraction of sp³-hybridized carbons (Fsp3) is 0.368. The lowest BCUT2D eigenvalue weighted by atomic mass is 9.92. The van der Waals surface area contributed by atoms with Gasteiger partial charge in [-0.2, -0.15) is 0 Å². The standard InChI is InChI=1S/C19H22N4OS/c1-10-7-11(2)14(5)18(13(10)4)16(24)9-25-19-22-21-17-8-12(3)20-15(6)23(17)19/h7-8H,9H2,1-6H3. The molecule has 0 fully saturated rings. The molecule has 3 rings (SSSR count). The fourth-order valence-electron chi connectivity index (χ4n) is 3.13. The Morgan fingerprint density at radius 1 is 1.00 bits per heavy atom. The quantitative estimate of drug-likeness (QED) is 0.524. The van der Waals surface area contributed by atoms with E-state index in [2.05, 4.69) is 35.1 Å². The number of ketones is 1. The molecule has 1 aromatic carbocycles. The van der Waals surface area contributed by atoms with Crippen molar-refractivity contribution in [3.63, 3.8) is 0 Å². The molecule has 3 aromatic rings. The molecule has 0 aliphatic carbocycles. The first kappa shape index (κ1) is 17.6. The molecule has 0 aliphatic heterocycles. The third-order valence-electron chi connectivity index (χ3n) is 4.64. The summed E-state index contributed by atoms with van der Waals surface area (Å²) < 4.78 is 1.89. The number of Topliss-reactive ketones (excluding diaryl/α,β-unsaturated/α-hetero) is 1. The smallest absolute Gasteiger partial charge is 0.197 e. The molecule has 0 aliphatic rings. The molecule has 0 N–H and O–H groups in total. The second kappa shape index (κ2) is 6.59. The number of hydrogen-bond donors (Lipinski definition) is 0. The minimum absolute atomic E-state index is 0.126. The van der Waals surface area contributed by atoms with Gasteiger partial charge in [0.25, 0.3) is 0 Å². The highest BCUT2D eigenvalue weighted by atomic mass is 32.2. The number of hydrogen-bond acceptors (Lipinski definition) is 5. The molecule has 0 bridgehead atoms. The van der Waals surface area contributed by atoms with Gasteiger partial charge in [-0.15, -0.1) is 10.2 Å². The summed E-state index contributed by atoms with van der Waals surface area (Å²) >= 11 is 1.41. The zero-order valence-electron chi connectivity index (χ0n) is 15.5. The molecule has 0 unspecified atom stereocenters. The van der Waals surface area contributed by atoms with Crippen molar-refractivity contribution in [1.82, 2.24) is 19.6 Å². The maximum atomic E-state index is 12.9. The molecule has 0 atom stereocenters. The number of carbonyl (C=O) groups is 1. The highest BCUT2D eigenvalue weighted by Gasteiger charge is 2.18. The van der Waals surface area contributed by atoms with Gasteiger partial charge in [0, 0.05) is 17.3 Å². The number of fused-ring (bicyclic) bond motifs is 1. The normalized spacial score (nSPS) is 11.3. The van der Waals surface area contributed by atoms with Gasteiger partial charge >= 0.3 is 0 Å². The van der Waals surface area contributed by atoms with Crippen LogP contribution >= 0.6 is 11.8 Å². The third kappa shape index (κ3) is 3.18. The number of nitrogens with zero attached hydrogens (tertiary/aromatic N) is 4. The Morgan fingerprint density at radius 3 is 2.28 bits per heavy atom. The molecular formula is C19H22N4OS. The maximum Gasteiger partial charge on any atom is 0.197 e. The lowest BCUT2D eigenvalue weighted by molar-refractivity contribution is 0.102. The Kier molecular flexibility index (Phi) is 4.64. The summed E-state index contributed by atoms with van der Waals surface area (Å²) in [6.07, 6.45) is 0. The number of benzene rings is 1. The van der Waals surface area contributed by atoms with Gasteiger partial charge in [-0.05, 0) is 63.8 Å². The molecular weight excluding hydrogens is 332 g/mol. The average Bonchev–Trinajstić information content (AvgIpc) is 2.94. The van der Waals surface area contributed by atoms with Crippen LogP contribution in [0.25, 0.3) is 5.65 Å². The predicted molar refractivity (Wildman–Crippen MR) is 101 cm³/mol. The zero-order valence-corrected chi connectivity index (χ0v) is 16.3. The van der Waals surface area contributed by atoms with E-state index in [1.165, 1.54) is 11.8 Å². The van der Waals surface area contributed by atoms with Gasteiger partial charge in [-0.1, -0.05) is 17.8 Å². The lowest BCUT2D eigenvalue weighted by Gasteiger charge is -2.14. The molecule has 25 heavy (non-hydrogen) atoms. The van der Waals surface area contributed by atoms with E-state index >= 15 is 0 Å². The second-order valence-electron chi connectivity index (χ2n) is 6.47. The Bertz CT molecular complexity index is 965. The van der Waals surface area contributed by atoms with Gasteiger partial charge in [-0.25, -0.2) is 4.98 Å². The highest BCUT2D eigenvalue weighted by molar-refractivity contribution is 7.99. The molecule has 5 nitrogen and oxygen atoms in total. The van der Waals surface area contributed by atoms with E-state index in [1.807, 2.05) is 38.2 Å². The molecule has 2 aromatic heterocycles.